The second kappa shape index (κ2) is 4.86. The van der Waals surface area contributed by atoms with Crippen molar-refractivity contribution in [2.45, 2.75) is 18.3 Å². The quantitative estimate of drug-likeness (QED) is 0.780. The van der Waals surface area contributed by atoms with Gasteiger partial charge in [-0.15, -0.1) is 0 Å². The molecule has 1 saturated heterocycles. The van der Waals surface area contributed by atoms with E-state index in [0.717, 1.165) is 31.5 Å². The fraction of sp³-hybridized carbons (Fsp3) is 0.462. The first-order valence-electron chi connectivity index (χ1n) is 5.63. The predicted molar refractivity (Wildman–Crippen MR) is 70.5 cm³/mol. The molecule has 1 heterocycles. The van der Waals surface area contributed by atoms with E-state index in [1.807, 2.05) is 6.07 Å². The molecule has 0 N–H and O–H groups in total. The summed E-state index contributed by atoms with van der Waals surface area (Å²) in [6, 6.07) is 7.87. The highest BCUT2D eigenvalue weighted by molar-refractivity contribution is 6.35. The van der Waals surface area contributed by atoms with Crippen molar-refractivity contribution in [1.82, 2.24) is 4.90 Å². The Morgan fingerprint density at radius 1 is 1.29 bits per heavy atom. The summed E-state index contributed by atoms with van der Waals surface area (Å²) in [5.74, 6) is 0. The molecule has 0 saturated carbocycles. The normalized spacial score (nSPS) is 19.9. The Kier molecular flexibility index (Phi) is 3.63. The van der Waals surface area contributed by atoms with Crippen molar-refractivity contribution < 1.29 is 0 Å². The Bertz CT molecular complexity index is 457. The third-order valence-corrected chi connectivity index (χ3v) is 4.05. The fourth-order valence-corrected chi connectivity index (χ4v) is 2.91. The van der Waals surface area contributed by atoms with E-state index in [2.05, 4.69) is 18.0 Å². The van der Waals surface area contributed by atoms with Crippen molar-refractivity contribution in [1.29, 1.82) is 5.26 Å². The van der Waals surface area contributed by atoms with Crippen LogP contribution in [0.3, 0.4) is 0 Å². The maximum atomic E-state index is 9.51. The fourth-order valence-electron chi connectivity index (χ4n) is 2.32. The molecule has 2 nitrogen and oxygen atoms in total. The zero-order chi connectivity index (χ0) is 12.5. The van der Waals surface area contributed by atoms with Crippen LogP contribution in [0.1, 0.15) is 18.4 Å². The van der Waals surface area contributed by atoms with E-state index in [4.69, 9.17) is 23.2 Å². The van der Waals surface area contributed by atoms with E-state index in [1.54, 1.807) is 12.1 Å². The van der Waals surface area contributed by atoms with Gasteiger partial charge in [-0.25, -0.2) is 0 Å². The number of piperidine rings is 1. The van der Waals surface area contributed by atoms with Crippen molar-refractivity contribution in [3.05, 3.63) is 33.8 Å². The summed E-state index contributed by atoms with van der Waals surface area (Å²) < 4.78 is 0. The van der Waals surface area contributed by atoms with Crippen LogP contribution < -0.4 is 0 Å². The summed E-state index contributed by atoms with van der Waals surface area (Å²) in [5.41, 5.74) is 0.466. The van der Waals surface area contributed by atoms with Gasteiger partial charge >= 0.3 is 0 Å². The van der Waals surface area contributed by atoms with Crippen molar-refractivity contribution >= 4 is 23.2 Å². The van der Waals surface area contributed by atoms with E-state index < -0.39 is 5.41 Å². The molecule has 0 atom stereocenters. The summed E-state index contributed by atoms with van der Waals surface area (Å²) in [7, 11) is 2.07. The molecule has 0 radical (unpaired) electrons. The zero-order valence-corrected chi connectivity index (χ0v) is 11.2. The largest absolute Gasteiger partial charge is 0.306 e. The number of nitriles is 1. The van der Waals surface area contributed by atoms with E-state index in [-0.39, 0.29) is 0 Å². The van der Waals surface area contributed by atoms with Gasteiger partial charge in [0, 0.05) is 10.0 Å². The van der Waals surface area contributed by atoms with Gasteiger partial charge in [-0.3, -0.25) is 0 Å². The van der Waals surface area contributed by atoms with E-state index in [0.29, 0.717) is 10.0 Å². The molecule has 1 aromatic rings. The molecule has 1 fully saturated rings. The first-order valence-corrected chi connectivity index (χ1v) is 6.38. The summed E-state index contributed by atoms with van der Waals surface area (Å²) in [6.07, 6.45) is 1.64. The molecule has 17 heavy (non-hydrogen) atoms. The second-order valence-electron chi connectivity index (χ2n) is 4.62. The molecule has 0 aromatic heterocycles. The number of rotatable bonds is 1. The Labute approximate surface area is 112 Å². The molecule has 1 aromatic carbocycles. The lowest BCUT2D eigenvalue weighted by molar-refractivity contribution is 0.222. The number of hydrogen-bond donors (Lipinski definition) is 0. The maximum Gasteiger partial charge on any atom is 0.0861 e. The number of benzene rings is 1. The Balaban J connectivity index is 2.39. The van der Waals surface area contributed by atoms with E-state index >= 15 is 0 Å². The summed E-state index contributed by atoms with van der Waals surface area (Å²) >= 11 is 12.1. The first-order chi connectivity index (χ1) is 8.07. The standard InChI is InChI=1S/C13H14Cl2N2/c1-17-6-4-13(9-16,5-7-17)11-3-2-10(14)8-12(11)15/h2-3,8H,4-7H2,1H3. The Morgan fingerprint density at radius 2 is 1.94 bits per heavy atom. The van der Waals surface area contributed by atoms with Crippen LogP contribution in [0.15, 0.2) is 18.2 Å². The average Bonchev–Trinajstić information content (AvgIpc) is 2.31. The third-order valence-electron chi connectivity index (χ3n) is 3.50. The third kappa shape index (κ3) is 2.42. The smallest absolute Gasteiger partial charge is 0.0861 e. The predicted octanol–water partition coefficient (Wildman–Crippen LogP) is 3.48. The molecule has 2 rings (SSSR count). The van der Waals surface area contributed by atoms with Gasteiger partial charge < -0.3 is 4.90 Å². The molecule has 0 spiro atoms. The Morgan fingerprint density at radius 3 is 2.47 bits per heavy atom. The molecule has 1 aliphatic rings. The van der Waals surface area contributed by atoms with Gasteiger partial charge in [0.15, 0.2) is 0 Å². The monoisotopic (exact) mass is 268 g/mol. The van der Waals surface area contributed by atoms with Gasteiger partial charge in [-0.2, -0.15) is 5.26 Å². The van der Waals surface area contributed by atoms with Crippen molar-refractivity contribution in [3.8, 4) is 6.07 Å². The molecular formula is C13H14Cl2N2. The van der Waals surface area contributed by atoms with Crippen LogP contribution in [0.4, 0.5) is 0 Å². The van der Waals surface area contributed by atoms with Gasteiger partial charge in [0.25, 0.3) is 0 Å². The van der Waals surface area contributed by atoms with Gasteiger partial charge in [-0.1, -0.05) is 29.3 Å². The topological polar surface area (TPSA) is 27.0 Å². The molecule has 0 aliphatic carbocycles. The van der Waals surface area contributed by atoms with Gasteiger partial charge in [0.1, 0.15) is 0 Å². The van der Waals surface area contributed by atoms with Gasteiger partial charge in [0.2, 0.25) is 0 Å². The minimum absolute atomic E-state index is 0.450. The maximum absolute atomic E-state index is 9.51. The lowest BCUT2D eigenvalue weighted by Crippen LogP contribution is -2.40. The van der Waals surface area contributed by atoms with Crippen LogP contribution in [0.2, 0.25) is 10.0 Å². The number of hydrogen-bond acceptors (Lipinski definition) is 2. The van der Waals surface area contributed by atoms with Crippen LogP contribution in [0.5, 0.6) is 0 Å². The summed E-state index contributed by atoms with van der Waals surface area (Å²) in [6.45, 7) is 1.85. The van der Waals surface area contributed by atoms with Crippen LogP contribution in [-0.4, -0.2) is 25.0 Å². The minimum Gasteiger partial charge on any atom is -0.306 e. The second-order valence-corrected chi connectivity index (χ2v) is 5.46. The number of nitrogens with zero attached hydrogens (tertiary/aromatic N) is 2. The minimum atomic E-state index is -0.450. The van der Waals surface area contributed by atoms with Crippen molar-refractivity contribution in [3.63, 3.8) is 0 Å². The van der Waals surface area contributed by atoms with E-state index in [9.17, 15) is 5.26 Å². The summed E-state index contributed by atoms with van der Waals surface area (Å²) in [4.78, 5) is 2.24. The molecule has 0 unspecified atom stereocenters. The highest BCUT2D eigenvalue weighted by Crippen LogP contribution is 2.39. The number of likely N-dealkylation sites (tertiary alicyclic amines) is 1. The molecule has 0 bridgehead atoms. The van der Waals surface area contributed by atoms with Gasteiger partial charge in [0.05, 0.1) is 11.5 Å². The van der Waals surface area contributed by atoms with Crippen molar-refractivity contribution in [2.24, 2.45) is 0 Å². The highest BCUT2D eigenvalue weighted by atomic mass is 35.5. The molecular weight excluding hydrogens is 255 g/mol. The molecule has 4 heteroatoms. The van der Waals surface area contributed by atoms with Gasteiger partial charge in [-0.05, 0) is 50.7 Å². The average molecular weight is 269 g/mol. The van der Waals surface area contributed by atoms with Crippen LogP contribution in [0, 0.1) is 11.3 Å². The van der Waals surface area contributed by atoms with E-state index in [1.165, 1.54) is 0 Å². The van der Waals surface area contributed by atoms with Crippen LogP contribution >= 0.6 is 23.2 Å². The van der Waals surface area contributed by atoms with Crippen molar-refractivity contribution in [2.75, 3.05) is 20.1 Å². The first kappa shape index (κ1) is 12.7. The molecule has 1 aliphatic heterocycles. The number of halogens is 2. The summed E-state index contributed by atoms with van der Waals surface area (Å²) in [5, 5.41) is 10.7. The SMILES string of the molecule is CN1CCC(C#N)(c2ccc(Cl)cc2Cl)CC1. The van der Waals surface area contributed by atoms with Crippen LogP contribution in [0.25, 0.3) is 0 Å². The Hall–Kier alpha value is -0.750. The molecule has 0 amide bonds. The van der Waals surface area contributed by atoms with Crippen LogP contribution in [-0.2, 0) is 5.41 Å². The lowest BCUT2D eigenvalue weighted by Gasteiger charge is -2.36. The lowest BCUT2D eigenvalue weighted by atomic mass is 9.74. The zero-order valence-electron chi connectivity index (χ0n) is 9.71. The molecule has 90 valence electrons. The highest BCUT2D eigenvalue weighted by Gasteiger charge is 2.37.